The summed E-state index contributed by atoms with van der Waals surface area (Å²) in [7, 11) is 0. The monoisotopic (exact) mass is 1030 g/mol. The van der Waals surface area contributed by atoms with Crippen LogP contribution in [0, 0.1) is 12.3 Å². The van der Waals surface area contributed by atoms with Crippen LogP contribution in [-0.4, -0.2) is 126 Å². The van der Waals surface area contributed by atoms with Crippen molar-refractivity contribution in [1.82, 2.24) is 30.3 Å². The molecule has 5 atom stereocenters. The number of carbonyl (C=O) groups is 3. The van der Waals surface area contributed by atoms with Gasteiger partial charge in [-0.3, -0.25) is 24.2 Å². The van der Waals surface area contributed by atoms with Crippen LogP contribution in [0.3, 0.4) is 0 Å². The number of nitrogens with zero attached hydrogens (tertiary/aromatic N) is 4. The Kier molecular flexibility index (Phi) is 17.8. The number of ether oxygens (including phenoxy) is 3. The first kappa shape index (κ1) is 53.4. The van der Waals surface area contributed by atoms with Crippen molar-refractivity contribution in [2.75, 3.05) is 65.6 Å². The largest absolute Gasteiger partial charge is 0.492 e. The SMILES string of the molecule is Cc1ncsc1-c1ccc(CNC(=O)[C@@H]2C[C@@H](O)CN2C(=O)[C@@H](NC(=O)COCCN2CCN(CCOc3ccc([C@@H]4c5ccc(OCc6ccccc6)cc5CC[C@@H]4c4ccccc4)cc3)CC2)C(C)(C)C)cc1. The number of aliphatic hydroxyl groups excluding tert-OH is 1. The fourth-order valence-electron chi connectivity index (χ4n) is 10.7. The minimum Gasteiger partial charge on any atom is -0.492 e. The maximum Gasteiger partial charge on any atom is 0.246 e. The smallest absolute Gasteiger partial charge is 0.246 e. The van der Waals surface area contributed by atoms with Gasteiger partial charge >= 0.3 is 0 Å². The van der Waals surface area contributed by atoms with Crippen molar-refractivity contribution in [1.29, 1.82) is 0 Å². The lowest BCUT2D eigenvalue weighted by Crippen LogP contribution is -2.58. The van der Waals surface area contributed by atoms with Crippen molar-refractivity contribution in [3.63, 3.8) is 0 Å². The molecule has 0 spiro atoms. The van der Waals surface area contributed by atoms with Gasteiger partial charge in [-0.25, -0.2) is 4.98 Å². The van der Waals surface area contributed by atoms with E-state index in [-0.39, 0.29) is 37.9 Å². The Morgan fingerprint density at radius 1 is 0.787 bits per heavy atom. The molecule has 0 radical (unpaired) electrons. The number of aryl methyl sites for hydroxylation is 2. The second-order valence-corrected chi connectivity index (χ2v) is 22.1. The van der Waals surface area contributed by atoms with Gasteiger partial charge in [-0.05, 0) is 94.3 Å². The molecular weight excluding hydrogens is 961 g/mol. The molecule has 3 N–H and O–H groups in total. The number of aromatic nitrogens is 1. The maximum atomic E-state index is 14.1. The molecule has 394 valence electrons. The van der Waals surface area contributed by atoms with E-state index in [1.54, 1.807) is 11.3 Å². The molecule has 5 aromatic carbocycles. The minimum absolute atomic E-state index is 0.00838. The van der Waals surface area contributed by atoms with Crippen LogP contribution in [0.1, 0.15) is 84.5 Å². The molecular formula is C61H72N6O7S. The topological polar surface area (TPSA) is 146 Å². The number of fused-ring (bicyclic) bond motifs is 1. The summed E-state index contributed by atoms with van der Waals surface area (Å²) in [5.74, 6) is 1.20. The zero-order valence-corrected chi connectivity index (χ0v) is 44.6. The van der Waals surface area contributed by atoms with Gasteiger partial charge in [0.15, 0.2) is 0 Å². The van der Waals surface area contributed by atoms with Crippen LogP contribution in [-0.2, 0) is 38.7 Å². The van der Waals surface area contributed by atoms with Gasteiger partial charge in [-0.1, -0.05) is 124 Å². The Morgan fingerprint density at radius 3 is 2.15 bits per heavy atom. The van der Waals surface area contributed by atoms with Gasteiger partial charge in [0, 0.05) is 64.7 Å². The predicted octanol–water partition coefficient (Wildman–Crippen LogP) is 8.38. The lowest BCUT2D eigenvalue weighted by atomic mass is 9.69. The highest BCUT2D eigenvalue weighted by Gasteiger charge is 2.44. The molecule has 13 nitrogen and oxygen atoms in total. The standard InChI is InChI=1S/C61H72N6O7S/c1-42-57(75-41-63-42)47-17-15-43(16-18-47)37-62-59(70)54-36-49(68)38-67(54)60(71)58(61(2,3)4)64-55(69)40-72-33-31-65-27-29-66(30-28-65)32-34-73-50-22-19-46(20-23-50)56-52(45-13-9-6-10-14-45)25-21-48-35-51(24-26-53(48)56)74-39-44-11-7-5-8-12-44/h5-20,22-24,26,35,41,49,52,54,56,58,68H,21,25,27-34,36-40H2,1-4H3,(H,62,70)(H,64,69)/t49-,52-,54+,56+,58-/m1/s1. The Balaban J connectivity index is 0.691. The maximum absolute atomic E-state index is 14.1. The summed E-state index contributed by atoms with van der Waals surface area (Å²) >= 11 is 1.58. The Hall–Kier alpha value is -6.42. The molecule has 3 amide bonds. The molecule has 9 rings (SSSR count). The number of likely N-dealkylation sites (tertiary alicyclic amines) is 1. The first-order chi connectivity index (χ1) is 36.4. The molecule has 1 aromatic heterocycles. The van der Waals surface area contributed by atoms with E-state index in [9.17, 15) is 19.5 Å². The highest BCUT2D eigenvalue weighted by Crippen LogP contribution is 2.47. The van der Waals surface area contributed by atoms with Crippen molar-refractivity contribution in [3.05, 3.63) is 172 Å². The molecule has 75 heavy (non-hydrogen) atoms. The number of β-amino-alcohol motifs (C(OH)–C–C–N with tert-alkyl or cyclic N) is 1. The molecule has 2 fully saturated rings. The molecule has 14 heteroatoms. The third-order valence-corrected chi connectivity index (χ3v) is 15.9. The first-order valence-electron chi connectivity index (χ1n) is 26.5. The predicted molar refractivity (Wildman–Crippen MR) is 294 cm³/mol. The van der Waals surface area contributed by atoms with Crippen molar-refractivity contribution in [2.24, 2.45) is 5.41 Å². The van der Waals surface area contributed by atoms with Crippen molar-refractivity contribution in [3.8, 4) is 21.9 Å². The second-order valence-electron chi connectivity index (χ2n) is 21.3. The van der Waals surface area contributed by atoms with E-state index in [1.807, 2.05) is 75.7 Å². The molecule has 0 bridgehead atoms. The van der Waals surface area contributed by atoms with Crippen molar-refractivity contribution in [2.45, 2.75) is 90.1 Å². The molecule has 0 unspecified atom stereocenters. The van der Waals surface area contributed by atoms with Crippen LogP contribution in [0.15, 0.2) is 133 Å². The molecule has 6 aromatic rings. The second kappa shape index (κ2) is 24.9. The van der Waals surface area contributed by atoms with Gasteiger partial charge in [0.25, 0.3) is 0 Å². The average Bonchev–Trinajstić information content (AvgIpc) is 4.06. The third-order valence-electron chi connectivity index (χ3n) is 14.9. The number of rotatable bonds is 20. The van der Waals surface area contributed by atoms with E-state index in [0.717, 1.165) is 84.3 Å². The summed E-state index contributed by atoms with van der Waals surface area (Å²) in [6.07, 6.45) is 1.33. The summed E-state index contributed by atoms with van der Waals surface area (Å²) in [6.45, 7) is 14.3. The zero-order valence-electron chi connectivity index (χ0n) is 43.8. The van der Waals surface area contributed by atoms with Crippen LogP contribution >= 0.6 is 11.3 Å². The van der Waals surface area contributed by atoms with Gasteiger partial charge in [0.05, 0.1) is 28.8 Å². The zero-order chi connectivity index (χ0) is 52.3. The Labute approximate surface area is 446 Å². The third kappa shape index (κ3) is 13.9. The van der Waals surface area contributed by atoms with E-state index in [1.165, 1.54) is 27.2 Å². The lowest BCUT2D eigenvalue weighted by molar-refractivity contribution is -0.144. The molecule has 0 saturated carbocycles. The summed E-state index contributed by atoms with van der Waals surface area (Å²) in [5.41, 5.74) is 10.6. The van der Waals surface area contributed by atoms with Gasteiger partial charge in [0.2, 0.25) is 17.7 Å². The number of thiazole rings is 1. The van der Waals surface area contributed by atoms with Crippen LogP contribution < -0.4 is 20.1 Å². The van der Waals surface area contributed by atoms with Crippen LogP contribution in [0.4, 0.5) is 0 Å². The van der Waals surface area contributed by atoms with E-state index in [2.05, 4.69) is 110 Å². The van der Waals surface area contributed by atoms with Crippen molar-refractivity contribution < 1.29 is 33.7 Å². The molecule has 1 aliphatic carbocycles. The lowest BCUT2D eigenvalue weighted by Gasteiger charge is -2.35. The van der Waals surface area contributed by atoms with E-state index >= 15 is 0 Å². The normalized spacial score (nSPS) is 19.5. The number of hydrogen-bond donors (Lipinski definition) is 3. The number of amides is 3. The van der Waals surface area contributed by atoms with Gasteiger partial charge < -0.3 is 34.9 Å². The Morgan fingerprint density at radius 2 is 1.47 bits per heavy atom. The number of aliphatic hydroxyl groups is 1. The van der Waals surface area contributed by atoms with Gasteiger partial charge in [0.1, 0.15) is 43.4 Å². The fourth-order valence-corrected chi connectivity index (χ4v) is 11.6. The number of piperazine rings is 1. The summed E-state index contributed by atoms with van der Waals surface area (Å²) in [6, 6.07) is 42.7. The highest BCUT2D eigenvalue weighted by atomic mass is 32.1. The van der Waals surface area contributed by atoms with Crippen LogP contribution in [0.25, 0.3) is 10.4 Å². The van der Waals surface area contributed by atoms with E-state index in [4.69, 9.17) is 14.2 Å². The quantitative estimate of drug-likeness (QED) is 0.0638. The summed E-state index contributed by atoms with van der Waals surface area (Å²) in [5, 5.41) is 16.5. The van der Waals surface area contributed by atoms with E-state index < -0.39 is 35.4 Å². The number of nitrogens with one attached hydrogen (secondary N) is 2. The number of benzene rings is 5. The first-order valence-corrected chi connectivity index (χ1v) is 27.4. The average molecular weight is 1030 g/mol. The van der Waals surface area contributed by atoms with Crippen LogP contribution in [0.2, 0.25) is 0 Å². The fraction of sp³-hybridized carbons (Fsp3) is 0.410. The molecule has 3 heterocycles. The summed E-state index contributed by atoms with van der Waals surface area (Å²) < 4.78 is 18.4. The Bertz CT molecular complexity index is 2810. The van der Waals surface area contributed by atoms with Crippen molar-refractivity contribution >= 4 is 29.1 Å². The van der Waals surface area contributed by atoms with E-state index in [0.29, 0.717) is 32.3 Å². The molecule has 3 aliphatic rings. The molecule has 2 saturated heterocycles. The molecule has 2 aliphatic heterocycles. The van der Waals surface area contributed by atoms with Gasteiger partial charge in [-0.15, -0.1) is 11.3 Å². The van der Waals surface area contributed by atoms with Crippen LogP contribution in [0.5, 0.6) is 11.5 Å². The van der Waals surface area contributed by atoms with Gasteiger partial charge in [-0.2, -0.15) is 0 Å². The summed E-state index contributed by atoms with van der Waals surface area (Å²) in [4.78, 5) is 52.5. The minimum atomic E-state index is -0.929. The number of carbonyl (C=O) groups excluding carboxylic acids is 3. The number of hydrogen-bond acceptors (Lipinski definition) is 11. The highest BCUT2D eigenvalue weighted by molar-refractivity contribution is 7.13.